The fourth-order valence-electron chi connectivity index (χ4n) is 0.773. The number of rotatable bonds is 3. The summed E-state index contributed by atoms with van der Waals surface area (Å²) in [6, 6.07) is 0. The Morgan fingerprint density at radius 2 is 2.07 bits per heavy atom. The SMILES string of the molecule is CC(=O)OCC=C(C)CC#CC(C)(C)O. The minimum atomic E-state index is -0.948. The molecule has 0 aromatic carbocycles. The van der Waals surface area contributed by atoms with Crippen LogP contribution < -0.4 is 0 Å². The molecule has 0 aromatic heterocycles. The van der Waals surface area contributed by atoms with Crippen molar-refractivity contribution in [2.75, 3.05) is 6.61 Å². The van der Waals surface area contributed by atoms with Crippen LogP contribution in [0.25, 0.3) is 0 Å². The van der Waals surface area contributed by atoms with Gasteiger partial charge in [-0.1, -0.05) is 17.4 Å². The Morgan fingerprint density at radius 1 is 1.47 bits per heavy atom. The first kappa shape index (κ1) is 13.7. The number of esters is 1. The molecule has 0 aromatic rings. The molecule has 0 amide bonds. The van der Waals surface area contributed by atoms with Crippen molar-refractivity contribution in [3.05, 3.63) is 11.6 Å². The fraction of sp³-hybridized carbons (Fsp3) is 0.583. The van der Waals surface area contributed by atoms with Crippen molar-refractivity contribution in [1.29, 1.82) is 0 Å². The molecule has 0 radical (unpaired) electrons. The second-order valence-corrected chi connectivity index (χ2v) is 3.89. The van der Waals surface area contributed by atoms with Crippen LogP contribution in [0.3, 0.4) is 0 Å². The summed E-state index contributed by atoms with van der Waals surface area (Å²) in [4.78, 5) is 10.5. The fourth-order valence-corrected chi connectivity index (χ4v) is 0.773. The largest absolute Gasteiger partial charge is 0.462 e. The van der Waals surface area contributed by atoms with E-state index in [1.807, 2.05) is 6.92 Å². The molecule has 1 N–H and O–H groups in total. The Hall–Kier alpha value is -1.27. The number of carbonyl (C=O) groups is 1. The molecule has 0 saturated heterocycles. The lowest BCUT2D eigenvalue weighted by molar-refractivity contribution is -0.139. The Kier molecular flexibility index (Phi) is 5.73. The van der Waals surface area contributed by atoms with Gasteiger partial charge in [0.15, 0.2) is 0 Å². The summed E-state index contributed by atoms with van der Waals surface area (Å²) in [7, 11) is 0. The first-order valence-electron chi connectivity index (χ1n) is 4.82. The van der Waals surface area contributed by atoms with E-state index < -0.39 is 5.60 Å². The molecule has 0 fully saturated rings. The highest BCUT2D eigenvalue weighted by molar-refractivity contribution is 5.66. The lowest BCUT2D eigenvalue weighted by Gasteiger charge is -2.05. The zero-order valence-corrected chi connectivity index (χ0v) is 9.76. The van der Waals surface area contributed by atoms with Crippen LogP contribution >= 0.6 is 0 Å². The molecule has 84 valence electrons. The van der Waals surface area contributed by atoms with Crippen molar-refractivity contribution in [2.24, 2.45) is 0 Å². The van der Waals surface area contributed by atoms with Gasteiger partial charge in [-0.2, -0.15) is 0 Å². The lowest BCUT2D eigenvalue weighted by Crippen LogP contribution is -2.14. The Bertz CT molecular complexity index is 297. The van der Waals surface area contributed by atoms with Gasteiger partial charge in [-0.25, -0.2) is 0 Å². The van der Waals surface area contributed by atoms with E-state index in [9.17, 15) is 9.90 Å². The molecule has 15 heavy (non-hydrogen) atoms. The molecule has 0 unspecified atom stereocenters. The van der Waals surface area contributed by atoms with E-state index in [1.165, 1.54) is 6.92 Å². The van der Waals surface area contributed by atoms with Crippen molar-refractivity contribution in [1.82, 2.24) is 0 Å². The summed E-state index contributed by atoms with van der Waals surface area (Å²) in [6.07, 6.45) is 2.38. The van der Waals surface area contributed by atoms with Gasteiger partial charge in [-0.15, -0.1) is 0 Å². The smallest absolute Gasteiger partial charge is 0.302 e. The molecule has 3 nitrogen and oxygen atoms in total. The van der Waals surface area contributed by atoms with Crippen LogP contribution in [0.5, 0.6) is 0 Å². The maximum atomic E-state index is 10.5. The first-order valence-corrected chi connectivity index (χ1v) is 4.82. The van der Waals surface area contributed by atoms with Gasteiger partial charge >= 0.3 is 5.97 Å². The van der Waals surface area contributed by atoms with Crippen LogP contribution in [0, 0.1) is 11.8 Å². The molecular weight excluding hydrogens is 192 g/mol. The molecule has 0 aliphatic carbocycles. The van der Waals surface area contributed by atoms with Crippen molar-refractivity contribution < 1.29 is 14.6 Å². The summed E-state index contributed by atoms with van der Waals surface area (Å²) >= 11 is 0. The van der Waals surface area contributed by atoms with Crippen LogP contribution in [0.2, 0.25) is 0 Å². The third-order valence-corrected chi connectivity index (χ3v) is 1.48. The topological polar surface area (TPSA) is 46.5 Å². The predicted molar refractivity (Wildman–Crippen MR) is 59.1 cm³/mol. The maximum absolute atomic E-state index is 10.5. The monoisotopic (exact) mass is 210 g/mol. The average Bonchev–Trinajstić information content (AvgIpc) is 2.00. The maximum Gasteiger partial charge on any atom is 0.302 e. The van der Waals surface area contributed by atoms with Gasteiger partial charge in [0, 0.05) is 13.3 Å². The van der Waals surface area contributed by atoms with Gasteiger partial charge in [0.1, 0.15) is 12.2 Å². The first-order chi connectivity index (χ1) is 6.81. The van der Waals surface area contributed by atoms with Crippen molar-refractivity contribution >= 4 is 5.97 Å². The highest BCUT2D eigenvalue weighted by Crippen LogP contribution is 2.01. The van der Waals surface area contributed by atoms with Gasteiger partial charge in [0.2, 0.25) is 0 Å². The molecule has 0 rings (SSSR count). The second kappa shape index (κ2) is 6.26. The highest BCUT2D eigenvalue weighted by Gasteiger charge is 2.05. The Balaban J connectivity index is 3.96. The Labute approximate surface area is 91.1 Å². The second-order valence-electron chi connectivity index (χ2n) is 3.89. The molecule has 3 heteroatoms. The number of hydrogen-bond donors (Lipinski definition) is 1. The number of aliphatic hydroxyl groups is 1. The summed E-state index contributed by atoms with van der Waals surface area (Å²) < 4.78 is 4.75. The number of carbonyl (C=O) groups excluding carboxylic acids is 1. The van der Waals surface area contributed by atoms with Crippen LogP contribution in [0.1, 0.15) is 34.1 Å². The van der Waals surface area contributed by atoms with E-state index in [0.29, 0.717) is 6.42 Å². The minimum absolute atomic E-state index is 0.283. The molecule has 0 saturated carbocycles. The van der Waals surface area contributed by atoms with E-state index >= 15 is 0 Å². The number of ether oxygens (including phenoxy) is 1. The standard InChI is InChI=1S/C12H18O3/c1-10(7-9-15-11(2)13)6-5-8-12(3,4)14/h7,14H,6,9H2,1-4H3. The van der Waals surface area contributed by atoms with Crippen LogP contribution in [-0.2, 0) is 9.53 Å². The quantitative estimate of drug-likeness (QED) is 0.438. The minimum Gasteiger partial charge on any atom is -0.462 e. The van der Waals surface area contributed by atoms with Crippen LogP contribution in [0.4, 0.5) is 0 Å². The molecule has 0 aliphatic heterocycles. The zero-order chi connectivity index (χ0) is 11.9. The summed E-state index contributed by atoms with van der Waals surface area (Å²) in [5, 5.41) is 9.32. The molecule has 0 heterocycles. The van der Waals surface area contributed by atoms with E-state index in [2.05, 4.69) is 11.8 Å². The molecule has 0 bridgehead atoms. The summed E-state index contributed by atoms with van der Waals surface area (Å²) in [5.41, 5.74) is 0.0730. The van der Waals surface area contributed by atoms with Gasteiger partial charge < -0.3 is 9.84 Å². The van der Waals surface area contributed by atoms with E-state index in [4.69, 9.17) is 4.74 Å². The molecular formula is C12H18O3. The van der Waals surface area contributed by atoms with Gasteiger partial charge in [0.25, 0.3) is 0 Å². The van der Waals surface area contributed by atoms with E-state index in [-0.39, 0.29) is 12.6 Å². The van der Waals surface area contributed by atoms with Crippen LogP contribution in [-0.4, -0.2) is 23.3 Å². The molecule has 0 aliphatic rings. The molecule has 0 atom stereocenters. The van der Waals surface area contributed by atoms with Crippen LogP contribution in [0.15, 0.2) is 11.6 Å². The van der Waals surface area contributed by atoms with E-state index in [0.717, 1.165) is 5.57 Å². The van der Waals surface area contributed by atoms with Crippen molar-refractivity contribution in [2.45, 2.75) is 39.7 Å². The van der Waals surface area contributed by atoms with Crippen molar-refractivity contribution in [3.8, 4) is 11.8 Å². The lowest BCUT2D eigenvalue weighted by atomic mass is 10.1. The third kappa shape index (κ3) is 10.7. The summed E-state index contributed by atoms with van der Waals surface area (Å²) in [6.45, 7) is 6.83. The summed E-state index contributed by atoms with van der Waals surface area (Å²) in [5.74, 6) is 5.27. The van der Waals surface area contributed by atoms with E-state index in [1.54, 1.807) is 19.9 Å². The zero-order valence-electron chi connectivity index (χ0n) is 9.76. The Morgan fingerprint density at radius 3 is 2.53 bits per heavy atom. The van der Waals surface area contributed by atoms with Gasteiger partial charge in [-0.05, 0) is 26.8 Å². The predicted octanol–water partition coefficient (Wildman–Crippen LogP) is 1.66. The third-order valence-electron chi connectivity index (χ3n) is 1.48. The van der Waals surface area contributed by atoms with Crippen molar-refractivity contribution in [3.63, 3.8) is 0 Å². The molecule has 0 spiro atoms. The highest BCUT2D eigenvalue weighted by atomic mass is 16.5. The normalized spacial score (nSPS) is 11.7. The number of hydrogen-bond acceptors (Lipinski definition) is 3. The average molecular weight is 210 g/mol. The van der Waals surface area contributed by atoms with Gasteiger partial charge in [-0.3, -0.25) is 4.79 Å². The van der Waals surface area contributed by atoms with Gasteiger partial charge in [0.05, 0.1) is 0 Å². The number of allylic oxidation sites excluding steroid dienone is 1.